The number of nitrogens with zero attached hydrogens (tertiary/aromatic N) is 1. The summed E-state index contributed by atoms with van der Waals surface area (Å²) in [6.45, 7) is 6.25. The van der Waals surface area contributed by atoms with Crippen molar-refractivity contribution < 1.29 is 23.8 Å². The molecular formula is C29H39N3O5. The van der Waals surface area contributed by atoms with Crippen LogP contribution in [0.25, 0.3) is 0 Å². The van der Waals surface area contributed by atoms with Crippen LogP contribution in [0, 0.1) is 25.7 Å². The average Bonchev–Trinajstić information content (AvgIpc) is 3.74. The van der Waals surface area contributed by atoms with E-state index < -0.39 is 0 Å². The molecule has 1 heterocycles. The Kier molecular flexibility index (Phi) is 9.05. The van der Waals surface area contributed by atoms with Gasteiger partial charge in [0.05, 0.1) is 31.2 Å². The zero-order valence-electron chi connectivity index (χ0n) is 22.3. The van der Waals surface area contributed by atoms with Crippen LogP contribution >= 0.6 is 0 Å². The van der Waals surface area contributed by atoms with Crippen molar-refractivity contribution >= 4 is 23.2 Å². The van der Waals surface area contributed by atoms with E-state index in [0.29, 0.717) is 44.2 Å². The maximum atomic E-state index is 13.8. The minimum absolute atomic E-state index is 0.0650. The molecule has 1 aliphatic heterocycles. The van der Waals surface area contributed by atoms with Crippen molar-refractivity contribution in [3.05, 3.63) is 47.5 Å². The van der Waals surface area contributed by atoms with Crippen molar-refractivity contribution in [1.29, 1.82) is 0 Å². The van der Waals surface area contributed by atoms with E-state index in [1.807, 2.05) is 55.1 Å². The number of carbonyl (C=O) groups excluding carboxylic acids is 2. The minimum Gasteiger partial charge on any atom is -0.495 e. The monoisotopic (exact) mass is 509 g/mol. The number of carbonyl (C=O) groups is 2. The van der Waals surface area contributed by atoms with Crippen molar-refractivity contribution in [2.75, 3.05) is 50.7 Å². The van der Waals surface area contributed by atoms with Gasteiger partial charge in [-0.15, -0.1) is 0 Å². The van der Waals surface area contributed by atoms with Gasteiger partial charge in [-0.2, -0.15) is 0 Å². The molecule has 2 amide bonds. The highest BCUT2D eigenvalue weighted by Gasteiger charge is 2.40. The molecule has 8 nitrogen and oxygen atoms in total. The van der Waals surface area contributed by atoms with E-state index >= 15 is 0 Å². The smallest absolute Gasteiger partial charge is 0.231 e. The fourth-order valence-corrected chi connectivity index (χ4v) is 4.85. The third-order valence-electron chi connectivity index (χ3n) is 7.12. The molecule has 1 aliphatic carbocycles. The van der Waals surface area contributed by atoms with Gasteiger partial charge >= 0.3 is 0 Å². The summed E-state index contributed by atoms with van der Waals surface area (Å²) >= 11 is 0. The van der Waals surface area contributed by atoms with Crippen LogP contribution in [0.1, 0.15) is 36.8 Å². The number of piperidine rings is 1. The van der Waals surface area contributed by atoms with Crippen molar-refractivity contribution in [2.45, 2.75) is 45.6 Å². The Morgan fingerprint density at radius 2 is 1.78 bits per heavy atom. The summed E-state index contributed by atoms with van der Waals surface area (Å²) in [7, 11) is 3.27. The van der Waals surface area contributed by atoms with Gasteiger partial charge in [0.15, 0.2) is 0 Å². The summed E-state index contributed by atoms with van der Waals surface area (Å²) in [5.74, 6) is 0.789. The van der Waals surface area contributed by atoms with Gasteiger partial charge < -0.3 is 29.7 Å². The molecule has 0 bridgehead atoms. The maximum Gasteiger partial charge on any atom is 0.231 e. The first-order valence-electron chi connectivity index (χ1n) is 13.1. The van der Waals surface area contributed by atoms with Crippen LogP contribution in [-0.2, 0) is 14.3 Å². The third-order valence-corrected chi connectivity index (χ3v) is 7.12. The number of hydrogen-bond acceptors (Lipinski definition) is 6. The molecule has 1 saturated heterocycles. The summed E-state index contributed by atoms with van der Waals surface area (Å²) in [5, 5.41) is 6.37. The van der Waals surface area contributed by atoms with E-state index in [1.54, 1.807) is 14.2 Å². The maximum absolute atomic E-state index is 13.8. The van der Waals surface area contributed by atoms with Crippen LogP contribution in [0.5, 0.6) is 11.5 Å². The topological polar surface area (TPSA) is 89.1 Å². The van der Waals surface area contributed by atoms with Crippen molar-refractivity contribution in [3.63, 3.8) is 0 Å². The summed E-state index contributed by atoms with van der Waals surface area (Å²) in [4.78, 5) is 29.0. The zero-order chi connectivity index (χ0) is 26.4. The quantitative estimate of drug-likeness (QED) is 0.444. The number of methoxy groups -OCH3 is 2. The normalized spacial score (nSPS) is 19.2. The summed E-state index contributed by atoms with van der Waals surface area (Å²) in [6.07, 6.45) is 3.28. The first-order chi connectivity index (χ1) is 17.9. The van der Waals surface area contributed by atoms with Crippen LogP contribution in [-0.4, -0.2) is 58.4 Å². The number of hydrogen-bond donors (Lipinski definition) is 2. The van der Waals surface area contributed by atoms with Gasteiger partial charge in [-0.25, -0.2) is 0 Å². The summed E-state index contributed by atoms with van der Waals surface area (Å²) in [5.41, 5.74) is 3.51. The number of para-hydroxylation sites is 1. The lowest BCUT2D eigenvalue weighted by Gasteiger charge is -2.33. The second-order valence-electron chi connectivity index (χ2n) is 10.0. The molecule has 2 aliphatic rings. The lowest BCUT2D eigenvalue weighted by atomic mass is 9.88. The Morgan fingerprint density at radius 3 is 2.51 bits per heavy atom. The van der Waals surface area contributed by atoms with Gasteiger partial charge in [0.25, 0.3) is 0 Å². The van der Waals surface area contributed by atoms with Crippen LogP contribution in [0.3, 0.4) is 0 Å². The second-order valence-corrected chi connectivity index (χ2v) is 10.0. The highest BCUT2D eigenvalue weighted by molar-refractivity contribution is 5.98. The second kappa shape index (κ2) is 12.4. The van der Waals surface area contributed by atoms with Crippen molar-refractivity contribution in [3.8, 4) is 11.5 Å². The molecule has 4 rings (SSSR count). The first-order valence-corrected chi connectivity index (χ1v) is 13.1. The molecule has 0 radical (unpaired) electrons. The van der Waals surface area contributed by atoms with Crippen LogP contribution in [0.2, 0.25) is 0 Å². The van der Waals surface area contributed by atoms with Gasteiger partial charge in [0.2, 0.25) is 11.8 Å². The number of benzene rings is 2. The molecule has 2 fully saturated rings. The Balaban J connectivity index is 1.46. The first kappa shape index (κ1) is 26.9. The number of amides is 2. The Labute approximate surface area is 219 Å². The van der Waals surface area contributed by atoms with Gasteiger partial charge in [-0.3, -0.25) is 9.59 Å². The fraction of sp³-hybridized carbons (Fsp3) is 0.517. The number of aryl methyl sites for hydroxylation is 2. The molecular weight excluding hydrogens is 470 g/mol. The average molecular weight is 510 g/mol. The van der Waals surface area contributed by atoms with Crippen molar-refractivity contribution in [1.82, 2.24) is 5.32 Å². The summed E-state index contributed by atoms with van der Waals surface area (Å²) in [6, 6.07) is 11.8. The lowest BCUT2D eigenvalue weighted by Crippen LogP contribution is -2.49. The van der Waals surface area contributed by atoms with Crippen molar-refractivity contribution in [2.24, 2.45) is 11.8 Å². The summed E-state index contributed by atoms with van der Waals surface area (Å²) < 4.78 is 16.5. The van der Waals surface area contributed by atoms with Crippen LogP contribution in [0.15, 0.2) is 36.4 Å². The van der Waals surface area contributed by atoms with Gasteiger partial charge in [-0.05, 0) is 56.4 Å². The molecule has 0 spiro atoms. The van der Waals surface area contributed by atoms with E-state index in [2.05, 4.69) is 10.6 Å². The molecule has 0 aromatic heterocycles. The number of anilines is 2. The Morgan fingerprint density at radius 1 is 1.00 bits per heavy atom. The molecule has 37 heavy (non-hydrogen) atoms. The predicted octanol–water partition coefficient (Wildman–Crippen LogP) is 4.09. The number of ether oxygens (including phenoxy) is 3. The van der Waals surface area contributed by atoms with Gasteiger partial charge in [-0.1, -0.05) is 18.2 Å². The van der Waals surface area contributed by atoms with E-state index in [0.717, 1.165) is 41.8 Å². The molecule has 8 heteroatoms. The highest BCUT2D eigenvalue weighted by Crippen LogP contribution is 2.37. The van der Waals surface area contributed by atoms with Gasteiger partial charge in [0, 0.05) is 51.0 Å². The SMILES string of the molecule is COCCCOc1cc(N(C(=O)[C@H]2CNC[C@@H](C(=O)Nc3c(C)cccc3OC)C2)C2CC2)ccc1C. The molecule has 2 aromatic rings. The Bertz CT molecular complexity index is 1100. The molecule has 2 N–H and O–H groups in total. The van der Waals surface area contributed by atoms with Crippen LogP contribution < -0.4 is 25.0 Å². The van der Waals surface area contributed by atoms with Crippen LogP contribution in [0.4, 0.5) is 11.4 Å². The molecule has 1 saturated carbocycles. The fourth-order valence-electron chi connectivity index (χ4n) is 4.85. The Hall–Kier alpha value is -3.10. The predicted molar refractivity (Wildman–Crippen MR) is 145 cm³/mol. The molecule has 0 unspecified atom stereocenters. The number of nitrogens with one attached hydrogen (secondary N) is 2. The van der Waals surface area contributed by atoms with Gasteiger partial charge in [0.1, 0.15) is 11.5 Å². The largest absolute Gasteiger partial charge is 0.495 e. The van der Waals surface area contributed by atoms with E-state index in [1.165, 1.54) is 0 Å². The molecule has 2 aromatic carbocycles. The molecule has 2 atom stereocenters. The van der Waals surface area contributed by atoms with E-state index in [4.69, 9.17) is 14.2 Å². The number of rotatable bonds is 11. The molecule has 200 valence electrons. The zero-order valence-corrected chi connectivity index (χ0v) is 22.3. The third kappa shape index (κ3) is 6.62. The highest BCUT2D eigenvalue weighted by atomic mass is 16.5. The van der Waals surface area contributed by atoms with E-state index in [9.17, 15) is 9.59 Å². The van der Waals surface area contributed by atoms with E-state index in [-0.39, 0.29) is 29.7 Å². The lowest BCUT2D eigenvalue weighted by molar-refractivity contribution is -0.125. The minimum atomic E-state index is -0.314. The standard InChI is InChI=1S/C29H39N3O5/c1-19-9-10-24(16-26(19)37-14-6-13-35-3)32(23-11-12-23)29(34)22-15-21(17-30-18-22)28(33)31-27-20(2)7-5-8-25(27)36-4/h5,7-10,16,21-23,30H,6,11-15,17-18H2,1-4H3,(H,31,33)/t21-,22+/m0/s1.